The van der Waals surface area contributed by atoms with Crippen molar-refractivity contribution in [2.45, 2.75) is 39.4 Å². The molecular weight excluding hydrogens is 284 g/mol. The van der Waals surface area contributed by atoms with Crippen LogP contribution in [-0.2, 0) is 4.74 Å². The number of carbonyl (C=O) groups excluding carboxylic acids is 1. The first-order chi connectivity index (χ1) is 10.3. The Labute approximate surface area is 128 Å². The van der Waals surface area contributed by atoms with Crippen molar-refractivity contribution in [3.8, 4) is 5.75 Å². The Balaban J connectivity index is 1.56. The summed E-state index contributed by atoms with van der Waals surface area (Å²) in [6.45, 7) is 8.47. The summed E-state index contributed by atoms with van der Waals surface area (Å²) in [4.78, 5) is 17.7. The topological polar surface area (TPSA) is 69.0 Å². The van der Waals surface area contributed by atoms with E-state index in [1.807, 2.05) is 39.8 Å². The van der Waals surface area contributed by atoms with Gasteiger partial charge in [0.2, 0.25) is 0 Å². The van der Waals surface area contributed by atoms with Crippen LogP contribution >= 0.6 is 0 Å². The molecule has 3 rings (SSSR count). The van der Waals surface area contributed by atoms with Crippen molar-refractivity contribution in [1.29, 1.82) is 0 Å². The Hall–Kier alpha value is -2.31. The normalized spacial score (nSPS) is 15.7. The molecule has 22 heavy (non-hydrogen) atoms. The maximum Gasteiger partial charge on any atom is 0.410 e. The van der Waals surface area contributed by atoms with Crippen molar-refractivity contribution in [2.75, 3.05) is 13.1 Å². The standard InChI is InChI=1S/C15H20N4O3/c1-10-16-13-6-5-11(9-19(13)17-10)21-12-7-18(8-12)14(20)22-15(2,3)4/h5-6,9,12H,7-8H2,1-4H3. The van der Waals surface area contributed by atoms with Gasteiger partial charge in [0.25, 0.3) is 0 Å². The molecule has 1 fully saturated rings. The third-order valence-electron chi connectivity index (χ3n) is 3.21. The van der Waals surface area contributed by atoms with Crippen LogP contribution in [0.2, 0.25) is 0 Å². The molecular formula is C15H20N4O3. The minimum Gasteiger partial charge on any atom is -0.485 e. The SMILES string of the molecule is Cc1nc2ccc(OC3CN(C(=O)OC(C)(C)C)C3)cn2n1. The van der Waals surface area contributed by atoms with Gasteiger partial charge in [0.1, 0.15) is 23.3 Å². The zero-order chi connectivity index (χ0) is 15.9. The van der Waals surface area contributed by atoms with E-state index in [0.717, 1.165) is 11.5 Å². The number of hydrogen-bond acceptors (Lipinski definition) is 5. The number of nitrogens with zero attached hydrogens (tertiary/aromatic N) is 4. The molecule has 3 heterocycles. The highest BCUT2D eigenvalue weighted by Crippen LogP contribution is 2.20. The van der Waals surface area contributed by atoms with Gasteiger partial charge in [-0.1, -0.05) is 0 Å². The van der Waals surface area contributed by atoms with Crippen LogP contribution in [0.25, 0.3) is 5.65 Å². The lowest BCUT2D eigenvalue weighted by Crippen LogP contribution is -2.57. The van der Waals surface area contributed by atoms with Gasteiger partial charge in [0, 0.05) is 0 Å². The van der Waals surface area contributed by atoms with Crippen molar-refractivity contribution in [3.05, 3.63) is 24.2 Å². The van der Waals surface area contributed by atoms with Crippen LogP contribution in [0.1, 0.15) is 26.6 Å². The molecule has 1 aliphatic rings. The summed E-state index contributed by atoms with van der Waals surface area (Å²) in [5.74, 6) is 1.43. The number of fused-ring (bicyclic) bond motifs is 1. The van der Waals surface area contributed by atoms with E-state index in [0.29, 0.717) is 18.8 Å². The number of aromatic nitrogens is 3. The quantitative estimate of drug-likeness (QED) is 0.849. The summed E-state index contributed by atoms with van der Waals surface area (Å²) in [5, 5.41) is 4.25. The minimum atomic E-state index is -0.473. The second kappa shape index (κ2) is 5.15. The molecule has 0 spiro atoms. The molecule has 118 valence electrons. The highest BCUT2D eigenvalue weighted by Gasteiger charge is 2.35. The molecule has 7 heteroatoms. The van der Waals surface area contributed by atoms with E-state index in [2.05, 4.69) is 10.1 Å². The fraction of sp³-hybridized carbons (Fsp3) is 0.533. The summed E-state index contributed by atoms with van der Waals surface area (Å²) in [5.41, 5.74) is 0.313. The fourth-order valence-corrected chi connectivity index (χ4v) is 2.23. The number of rotatable bonds is 2. The van der Waals surface area contributed by atoms with Crippen molar-refractivity contribution < 1.29 is 14.3 Å². The molecule has 1 aliphatic heterocycles. The van der Waals surface area contributed by atoms with Crippen LogP contribution in [0.3, 0.4) is 0 Å². The second-order valence-corrected chi connectivity index (χ2v) is 6.45. The summed E-state index contributed by atoms with van der Waals surface area (Å²) < 4.78 is 12.8. The molecule has 0 saturated carbocycles. The highest BCUT2D eigenvalue weighted by molar-refractivity contribution is 5.69. The smallest absolute Gasteiger partial charge is 0.410 e. The van der Waals surface area contributed by atoms with Crippen LogP contribution in [0, 0.1) is 6.92 Å². The van der Waals surface area contributed by atoms with E-state index >= 15 is 0 Å². The number of hydrogen-bond donors (Lipinski definition) is 0. The molecule has 0 bridgehead atoms. The maximum absolute atomic E-state index is 11.8. The Bertz CT molecular complexity index is 698. The summed E-state index contributed by atoms with van der Waals surface area (Å²) >= 11 is 0. The number of aryl methyl sites for hydroxylation is 1. The van der Waals surface area contributed by atoms with Gasteiger partial charge < -0.3 is 14.4 Å². The van der Waals surface area contributed by atoms with Crippen molar-refractivity contribution in [1.82, 2.24) is 19.5 Å². The number of ether oxygens (including phenoxy) is 2. The molecule has 1 amide bonds. The van der Waals surface area contributed by atoms with Crippen molar-refractivity contribution in [2.24, 2.45) is 0 Å². The Morgan fingerprint density at radius 1 is 1.32 bits per heavy atom. The third-order valence-corrected chi connectivity index (χ3v) is 3.21. The molecule has 0 N–H and O–H groups in total. The van der Waals surface area contributed by atoms with Crippen molar-refractivity contribution in [3.63, 3.8) is 0 Å². The lowest BCUT2D eigenvalue weighted by atomic mass is 10.1. The van der Waals surface area contributed by atoms with Crippen LogP contribution in [0.15, 0.2) is 18.3 Å². The van der Waals surface area contributed by atoms with Crippen LogP contribution in [-0.4, -0.2) is 50.4 Å². The Kier molecular flexibility index (Phi) is 3.42. The van der Waals surface area contributed by atoms with Gasteiger partial charge in [-0.2, -0.15) is 5.10 Å². The van der Waals surface area contributed by atoms with Gasteiger partial charge in [-0.25, -0.2) is 14.3 Å². The Morgan fingerprint density at radius 3 is 2.73 bits per heavy atom. The highest BCUT2D eigenvalue weighted by atomic mass is 16.6. The predicted molar refractivity (Wildman–Crippen MR) is 79.9 cm³/mol. The van der Waals surface area contributed by atoms with E-state index in [1.54, 1.807) is 15.6 Å². The van der Waals surface area contributed by atoms with Gasteiger partial charge in [-0.15, -0.1) is 0 Å². The van der Waals surface area contributed by atoms with Crippen LogP contribution in [0.4, 0.5) is 4.79 Å². The first-order valence-electron chi connectivity index (χ1n) is 7.28. The predicted octanol–water partition coefficient (Wildman–Crippen LogP) is 2.04. The van der Waals surface area contributed by atoms with E-state index in [4.69, 9.17) is 9.47 Å². The number of pyridine rings is 1. The molecule has 0 atom stereocenters. The molecule has 7 nitrogen and oxygen atoms in total. The summed E-state index contributed by atoms with van der Waals surface area (Å²) in [6, 6.07) is 3.72. The van der Waals surface area contributed by atoms with Gasteiger partial charge in [-0.05, 0) is 39.8 Å². The first-order valence-corrected chi connectivity index (χ1v) is 7.28. The summed E-state index contributed by atoms with van der Waals surface area (Å²) in [7, 11) is 0. The monoisotopic (exact) mass is 304 g/mol. The largest absolute Gasteiger partial charge is 0.485 e. The molecule has 0 radical (unpaired) electrons. The average molecular weight is 304 g/mol. The van der Waals surface area contributed by atoms with Gasteiger partial charge in [0.15, 0.2) is 5.65 Å². The minimum absolute atomic E-state index is 0.0189. The third kappa shape index (κ3) is 3.13. The van der Waals surface area contributed by atoms with E-state index in [1.165, 1.54) is 0 Å². The van der Waals surface area contributed by atoms with E-state index in [-0.39, 0.29) is 12.2 Å². The average Bonchev–Trinajstić information content (AvgIpc) is 2.70. The van der Waals surface area contributed by atoms with Gasteiger partial charge in [-0.3, -0.25) is 0 Å². The van der Waals surface area contributed by atoms with Gasteiger partial charge >= 0.3 is 6.09 Å². The molecule has 2 aromatic rings. The molecule has 0 aromatic carbocycles. The number of carbonyl (C=O) groups is 1. The number of likely N-dealkylation sites (tertiary alicyclic amines) is 1. The van der Waals surface area contributed by atoms with Crippen LogP contribution in [0.5, 0.6) is 5.75 Å². The lowest BCUT2D eigenvalue weighted by molar-refractivity contribution is -0.0222. The Morgan fingerprint density at radius 2 is 2.05 bits per heavy atom. The lowest BCUT2D eigenvalue weighted by Gasteiger charge is -2.39. The molecule has 0 unspecified atom stereocenters. The first kappa shape index (κ1) is 14.6. The van der Waals surface area contributed by atoms with Crippen molar-refractivity contribution >= 4 is 11.7 Å². The van der Waals surface area contributed by atoms with Crippen LogP contribution < -0.4 is 4.74 Å². The van der Waals surface area contributed by atoms with E-state index < -0.39 is 5.60 Å². The second-order valence-electron chi connectivity index (χ2n) is 6.45. The molecule has 2 aromatic heterocycles. The summed E-state index contributed by atoms with van der Waals surface area (Å²) in [6.07, 6.45) is 1.48. The van der Waals surface area contributed by atoms with Gasteiger partial charge in [0.05, 0.1) is 19.3 Å². The molecule has 0 aliphatic carbocycles. The van der Waals surface area contributed by atoms with E-state index in [9.17, 15) is 4.79 Å². The zero-order valence-corrected chi connectivity index (χ0v) is 13.2. The zero-order valence-electron chi connectivity index (χ0n) is 13.2. The fourth-order valence-electron chi connectivity index (χ4n) is 2.23. The molecule has 1 saturated heterocycles. The number of amides is 1. The maximum atomic E-state index is 11.8.